The summed E-state index contributed by atoms with van der Waals surface area (Å²) in [5.41, 5.74) is 0. The van der Waals surface area contributed by atoms with Crippen LogP contribution < -0.4 is 0 Å². The monoisotopic (exact) mass is 1460 g/mol. The number of hydrogen-bond acceptors (Lipinski definition) is 45. The van der Waals surface area contributed by atoms with Crippen molar-refractivity contribution in [1.29, 1.82) is 0 Å². The quantitative estimate of drug-likeness (QED) is 0.0814. The fourth-order valence-corrected chi connectivity index (χ4v) is 13.2. The molecule has 45 heteroatoms. The van der Waals surface area contributed by atoms with Crippen molar-refractivity contribution >= 4 is 0 Å². The molecule has 576 valence electrons. The first-order valence-corrected chi connectivity index (χ1v) is 31.6. The van der Waals surface area contributed by atoms with Crippen LogP contribution >= 0.6 is 0 Å². The Hall–Kier alpha value is -1.80. The minimum atomic E-state index is -2.39. The van der Waals surface area contributed by atoms with Crippen LogP contribution in [0.15, 0.2) is 0 Å². The molecule has 23 aliphatic heterocycles. The summed E-state index contributed by atoms with van der Waals surface area (Å²) in [6.07, 6.45) is -95.1. The number of ether oxygens (including phenoxy) is 18. The second-order valence-corrected chi connectivity index (χ2v) is 25.3. The average molecular weight is 1460 g/mol. The zero-order valence-corrected chi connectivity index (χ0v) is 51.8. The van der Waals surface area contributed by atoms with Gasteiger partial charge in [0.05, 0.1) is 59.5 Å². The second-order valence-electron chi connectivity index (χ2n) is 25.3. The number of aliphatic hydroxyl groups excluding tert-OH is 27. The van der Waals surface area contributed by atoms with Crippen LogP contribution in [0, 0.1) is 0 Å². The van der Waals surface area contributed by atoms with E-state index in [0.717, 1.165) is 0 Å². The van der Waals surface area contributed by atoms with Gasteiger partial charge in [-0.05, 0) is 0 Å². The number of hydrogen-bond donors (Lipinski definition) is 27. The Bertz CT molecular complexity index is 2420. The molecule has 0 radical (unpaired) electrons. The Balaban J connectivity index is 0.964. The van der Waals surface area contributed by atoms with Gasteiger partial charge in [-0.1, -0.05) is 0 Å². The largest absolute Gasteiger partial charge is 0.394 e. The van der Waals surface area contributed by atoms with E-state index in [-0.39, 0.29) is 0 Å². The van der Waals surface area contributed by atoms with Gasteiger partial charge < -0.3 is 223 Å². The van der Waals surface area contributed by atoms with Crippen LogP contribution in [0.4, 0.5) is 0 Å². The van der Waals surface area contributed by atoms with Crippen molar-refractivity contribution < 1.29 is 223 Å². The van der Waals surface area contributed by atoms with E-state index in [9.17, 15) is 138 Å². The molecule has 45 nitrogen and oxygen atoms in total. The molecule has 23 saturated heterocycles. The molecular weight excluding hydrogens is 1370 g/mol. The van der Waals surface area contributed by atoms with Crippen molar-refractivity contribution in [3.05, 3.63) is 0 Å². The minimum Gasteiger partial charge on any atom is -0.394 e. The van der Waals surface area contributed by atoms with Gasteiger partial charge in [0.15, 0.2) is 56.6 Å². The van der Waals surface area contributed by atoms with Gasteiger partial charge in [0.25, 0.3) is 0 Å². The van der Waals surface area contributed by atoms with Crippen LogP contribution in [-0.4, -0.2) is 474 Å². The predicted molar refractivity (Wildman–Crippen MR) is 294 cm³/mol. The van der Waals surface area contributed by atoms with Gasteiger partial charge in [0.2, 0.25) is 0 Å². The maximum atomic E-state index is 11.9. The third-order valence-electron chi connectivity index (χ3n) is 19.0. The van der Waals surface area contributed by atoms with Crippen molar-refractivity contribution in [2.75, 3.05) is 59.5 Å². The lowest BCUT2D eigenvalue weighted by atomic mass is 9.95. The van der Waals surface area contributed by atoms with E-state index in [0.29, 0.717) is 0 Å². The Morgan fingerprint density at radius 2 is 0.333 bits per heavy atom. The first-order chi connectivity index (χ1) is 47.1. The predicted octanol–water partition coefficient (Wildman–Crippen LogP) is -19.6. The third kappa shape index (κ3) is 16.1. The van der Waals surface area contributed by atoms with Crippen LogP contribution in [0.25, 0.3) is 0 Å². The first-order valence-electron chi connectivity index (χ1n) is 31.6. The van der Waals surface area contributed by atoms with Crippen molar-refractivity contribution in [2.45, 2.75) is 276 Å². The zero-order chi connectivity index (χ0) is 72.1. The van der Waals surface area contributed by atoms with E-state index in [2.05, 4.69) is 0 Å². The molecule has 23 heterocycles. The van der Waals surface area contributed by atoms with Gasteiger partial charge in [-0.3, -0.25) is 0 Å². The maximum Gasteiger partial charge on any atom is 0.187 e. The van der Waals surface area contributed by atoms with Gasteiger partial charge in [-0.15, -0.1) is 0 Å². The normalized spacial score (nSPS) is 55.1. The lowest BCUT2D eigenvalue weighted by molar-refractivity contribution is -0.399. The van der Waals surface area contributed by atoms with Crippen LogP contribution in [0.5, 0.6) is 0 Å². The zero-order valence-electron chi connectivity index (χ0n) is 51.8. The molecule has 45 atom stereocenters. The number of rotatable bonds is 13. The first kappa shape index (κ1) is 79.8. The second kappa shape index (κ2) is 34.0. The molecule has 27 N–H and O–H groups in total. The van der Waals surface area contributed by atoms with Crippen molar-refractivity contribution in [3.63, 3.8) is 0 Å². The Labute approximate surface area is 558 Å². The highest BCUT2D eigenvalue weighted by Crippen LogP contribution is 2.40. The van der Waals surface area contributed by atoms with E-state index in [1.54, 1.807) is 0 Å². The summed E-state index contributed by atoms with van der Waals surface area (Å²) in [5.74, 6) is 0. The highest BCUT2D eigenvalue weighted by atomic mass is 16.8. The molecule has 0 aliphatic carbocycles. The van der Waals surface area contributed by atoms with Crippen molar-refractivity contribution in [3.8, 4) is 0 Å². The summed E-state index contributed by atoms with van der Waals surface area (Å²) in [7, 11) is 0. The Morgan fingerprint density at radius 1 is 0.162 bits per heavy atom. The standard InChI is InChI=1S/C54H90O45/c55-1-10-19(62)21(64)30(73)46(84-10)82-8-17-44-29(72)38(81)54(92-17)97-43-16(7-61)88-50(34(77)25(43)68)95-41-14(5-59)90-52(36(79)27(41)70)99-45-18(9-83-47-31(74)22(65)20(63)11(2-56)85-47)91-53(37(80)28(45)71)96-42-15(6-60)87-49(33(76)24(42)67)93-39-12(3-57)86-48(32(75)23(39)66)94-40-13(4-58)89-51(98-44)35(78)26(40)69/h10-81H,1-9H2/t10-,11-,12-,13-,14-,15-,16-,17-,18-,19-,20-,21+,22+,23-,24-,25-,26-,27-,28-,29-,30-,31-,32-,33-,34-,35-,36-,37-,38-,39-,40-,41-,42-,43-,44-,45-,46+,47+,48-,49-,50-,51-,52-,53-,54-/m1/s1. The van der Waals surface area contributed by atoms with Crippen molar-refractivity contribution in [2.24, 2.45) is 0 Å². The molecule has 0 saturated carbocycles. The molecular formula is C54H90O45. The van der Waals surface area contributed by atoms with E-state index in [4.69, 9.17) is 85.3 Å². The molecule has 0 amide bonds. The molecule has 0 aromatic rings. The van der Waals surface area contributed by atoms with Gasteiger partial charge >= 0.3 is 0 Å². The van der Waals surface area contributed by atoms with E-state index < -0.39 is 336 Å². The fourth-order valence-electron chi connectivity index (χ4n) is 13.2. The van der Waals surface area contributed by atoms with Crippen LogP contribution in [0.3, 0.4) is 0 Å². The van der Waals surface area contributed by atoms with Crippen LogP contribution in [-0.2, 0) is 85.3 Å². The molecule has 23 fully saturated rings. The molecule has 23 rings (SSSR count). The molecule has 99 heavy (non-hydrogen) atoms. The highest BCUT2D eigenvalue weighted by Gasteiger charge is 2.61. The minimum absolute atomic E-state index is 0.939. The van der Waals surface area contributed by atoms with Gasteiger partial charge in [-0.25, -0.2) is 0 Å². The SMILES string of the molecule is OC[C@H]1O[C@H](OC[C@H]2O[C@@H]3O[C@H]4[C@H](O)[C@@H](O)[C@@H](O[C@H]5[C@H](O)[C@@H](O)[C@@H](O[C@H]6[C@H](O)[C@@H](O)[C@@H](O[C@H]7[C@H](O)[C@@H](O)[C@@H](O[C@H]8[C@H](O)[C@@H](O)[C@@H](O[C@H]9[C@H](O)[C@@H](O)[C@@H](O[C@H]2[C@H](O)[C@H]3O)O[C@@H]9CO)O[C@@H]8CO)O[C@@H]7CO)O[C@@H]6CO[C@H]2O[C@H](CO)[C@@H](O)[C@H](O)[C@H]2O)O[C@@H]5CO)O[C@@H]4CO)[C@H](O)[C@@H](O)[C@@H]1O. The molecule has 0 unspecified atom stereocenters. The molecule has 14 bridgehead atoms. The molecule has 0 spiro atoms. The van der Waals surface area contributed by atoms with E-state index in [1.165, 1.54) is 0 Å². The summed E-state index contributed by atoms with van der Waals surface area (Å²) in [5, 5.41) is 300. The van der Waals surface area contributed by atoms with E-state index in [1.807, 2.05) is 0 Å². The van der Waals surface area contributed by atoms with Crippen LogP contribution in [0.1, 0.15) is 0 Å². The number of aliphatic hydroxyl groups is 27. The summed E-state index contributed by atoms with van der Waals surface area (Å²) in [6, 6.07) is 0. The summed E-state index contributed by atoms with van der Waals surface area (Å²) < 4.78 is 104. The van der Waals surface area contributed by atoms with Crippen LogP contribution in [0.2, 0.25) is 0 Å². The smallest absolute Gasteiger partial charge is 0.187 e. The van der Waals surface area contributed by atoms with E-state index >= 15 is 0 Å². The highest BCUT2D eigenvalue weighted by molar-refractivity contribution is 5.03. The lowest BCUT2D eigenvalue weighted by Crippen LogP contribution is -2.68. The Kier molecular flexibility index (Phi) is 27.4. The lowest BCUT2D eigenvalue weighted by Gasteiger charge is -2.50. The fraction of sp³-hybridized carbons (Fsp3) is 1.00. The summed E-state index contributed by atoms with van der Waals surface area (Å²) >= 11 is 0. The van der Waals surface area contributed by atoms with Gasteiger partial charge in [0, 0.05) is 0 Å². The van der Waals surface area contributed by atoms with Crippen molar-refractivity contribution in [1.82, 2.24) is 0 Å². The molecule has 0 aromatic heterocycles. The topological polar surface area (TPSA) is 712 Å². The molecule has 0 aromatic carbocycles. The summed E-state index contributed by atoms with van der Waals surface area (Å²) in [4.78, 5) is 0. The average Bonchev–Trinajstić information content (AvgIpc) is 0.781. The third-order valence-corrected chi connectivity index (χ3v) is 19.0. The maximum absolute atomic E-state index is 11.9. The van der Waals surface area contributed by atoms with Gasteiger partial charge in [0.1, 0.15) is 220 Å². The Morgan fingerprint density at radius 3 is 0.515 bits per heavy atom. The summed E-state index contributed by atoms with van der Waals surface area (Å²) in [6.45, 7) is -9.72. The van der Waals surface area contributed by atoms with Gasteiger partial charge in [-0.2, -0.15) is 0 Å². The molecule has 23 aliphatic rings.